The molecule has 11 heteroatoms. The van der Waals surface area contributed by atoms with Crippen LogP contribution in [0.2, 0.25) is 0 Å². The number of hydrogen-bond acceptors (Lipinski definition) is 6. The van der Waals surface area contributed by atoms with Crippen molar-refractivity contribution in [2.45, 2.75) is 58.2 Å². The lowest BCUT2D eigenvalue weighted by molar-refractivity contribution is -0.183. The van der Waals surface area contributed by atoms with E-state index in [0.717, 1.165) is 0 Å². The number of amides is 2. The van der Waals surface area contributed by atoms with E-state index in [1.165, 1.54) is 17.0 Å². The fourth-order valence-electron chi connectivity index (χ4n) is 3.76. The quantitative estimate of drug-likeness (QED) is 0.592. The van der Waals surface area contributed by atoms with Crippen LogP contribution in [0, 0.1) is 0 Å². The van der Waals surface area contributed by atoms with Crippen LogP contribution in [0.5, 0.6) is 0 Å². The molecular weight excluding hydrogens is 445 g/mol. The molecule has 2 amide bonds. The van der Waals surface area contributed by atoms with Crippen molar-refractivity contribution in [3.05, 3.63) is 29.3 Å². The highest BCUT2D eigenvalue weighted by Gasteiger charge is 2.43. The summed E-state index contributed by atoms with van der Waals surface area (Å²) in [5, 5.41) is 0. The number of morpholine rings is 1. The number of rotatable bonds is 6. The van der Waals surface area contributed by atoms with Gasteiger partial charge in [-0.1, -0.05) is 6.07 Å². The lowest BCUT2D eigenvalue weighted by atomic mass is 10.1. The van der Waals surface area contributed by atoms with E-state index in [9.17, 15) is 27.6 Å². The maximum atomic E-state index is 13.2. The van der Waals surface area contributed by atoms with Gasteiger partial charge >= 0.3 is 12.1 Å². The molecule has 0 N–H and O–H groups in total. The van der Waals surface area contributed by atoms with E-state index in [0.29, 0.717) is 16.2 Å². The number of hydrogen-bond donors (Lipinski definition) is 0. The molecule has 1 fully saturated rings. The minimum Gasteiger partial charge on any atom is -0.458 e. The summed E-state index contributed by atoms with van der Waals surface area (Å²) >= 11 is 0. The van der Waals surface area contributed by atoms with E-state index >= 15 is 0 Å². The van der Waals surface area contributed by atoms with Gasteiger partial charge in [0.05, 0.1) is 6.61 Å². The van der Waals surface area contributed by atoms with Crippen molar-refractivity contribution < 1.29 is 41.8 Å². The van der Waals surface area contributed by atoms with Crippen LogP contribution in [-0.4, -0.2) is 73.0 Å². The zero-order valence-corrected chi connectivity index (χ0v) is 18.9. The molecule has 182 valence electrons. The highest BCUT2D eigenvalue weighted by Crippen LogP contribution is 2.31. The van der Waals surface area contributed by atoms with Gasteiger partial charge in [0.1, 0.15) is 12.1 Å². The van der Waals surface area contributed by atoms with E-state index in [2.05, 4.69) is 0 Å². The van der Waals surface area contributed by atoms with Gasteiger partial charge in [-0.3, -0.25) is 9.59 Å². The van der Waals surface area contributed by atoms with E-state index in [1.807, 2.05) is 0 Å². The molecule has 2 aliphatic rings. The maximum Gasteiger partial charge on any atom is 0.406 e. The van der Waals surface area contributed by atoms with Crippen LogP contribution in [0.3, 0.4) is 0 Å². The highest BCUT2D eigenvalue weighted by molar-refractivity contribution is 6.03. The normalized spacial score (nSPS) is 20.2. The molecule has 0 radical (unpaired) electrons. The number of esters is 1. The van der Waals surface area contributed by atoms with Gasteiger partial charge in [-0.15, -0.1) is 0 Å². The van der Waals surface area contributed by atoms with Crippen molar-refractivity contribution in [2.24, 2.45) is 0 Å². The molecule has 1 aromatic rings. The van der Waals surface area contributed by atoms with Gasteiger partial charge in [0.25, 0.3) is 11.8 Å². The molecule has 1 unspecified atom stereocenters. The summed E-state index contributed by atoms with van der Waals surface area (Å²) in [4.78, 5) is 40.4. The maximum absolute atomic E-state index is 13.2. The zero-order chi connectivity index (χ0) is 24.6. The molecule has 1 aromatic carbocycles. The third kappa shape index (κ3) is 5.83. The van der Waals surface area contributed by atoms with E-state index < -0.39 is 48.3 Å². The molecule has 0 saturated carbocycles. The summed E-state index contributed by atoms with van der Waals surface area (Å²) in [5.41, 5.74) is 0.0907. The molecule has 0 bridgehead atoms. The molecule has 0 aromatic heterocycles. The van der Waals surface area contributed by atoms with E-state index in [-0.39, 0.29) is 31.9 Å². The van der Waals surface area contributed by atoms with E-state index in [1.54, 1.807) is 33.8 Å². The van der Waals surface area contributed by atoms with Gasteiger partial charge in [-0.2, -0.15) is 13.2 Å². The standard InChI is InChI=1S/C22H27F3N2O6/c1-5-31-17(20(30)33-21(2,3)4)16-19(29)27(8-9-32-16)14-7-6-13-11-26(12-22(23,24)25)18(28)15(13)10-14/h6-7,10,16-17H,5,8-9,11-12H2,1-4H3/t16?,17-/m1/s1. The smallest absolute Gasteiger partial charge is 0.406 e. The number of carbonyl (C=O) groups is 3. The summed E-state index contributed by atoms with van der Waals surface area (Å²) in [6.45, 7) is 5.60. The zero-order valence-electron chi connectivity index (χ0n) is 18.9. The van der Waals surface area contributed by atoms with Gasteiger partial charge in [-0.25, -0.2) is 4.79 Å². The average Bonchev–Trinajstić information content (AvgIpc) is 2.98. The van der Waals surface area contributed by atoms with Crippen molar-refractivity contribution in [1.29, 1.82) is 0 Å². The fraction of sp³-hybridized carbons (Fsp3) is 0.591. The number of ether oxygens (including phenoxy) is 3. The Morgan fingerprint density at radius 2 is 1.94 bits per heavy atom. The number of carbonyl (C=O) groups excluding carboxylic acids is 3. The second kappa shape index (κ2) is 9.30. The van der Waals surface area contributed by atoms with Crippen molar-refractivity contribution in [2.75, 3.05) is 31.2 Å². The van der Waals surface area contributed by atoms with Gasteiger partial charge in [0.15, 0.2) is 12.2 Å². The van der Waals surface area contributed by atoms with Crippen LogP contribution in [-0.2, 0) is 30.3 Å². The predicted molar refractivity (Wildman–Crippen MR) is 111 cm³/mol. The van der Waals surface area contributed by atoms with Gasteiger partial charge in [-0.05, 0) is 45.4 Å². The van der Waals surface area contributed by atoms with Crippen LogP contribution in [0.15, 0.2) is 18.2 Å². The van der Waals surface area contributed by atoms with Crippen LogP contribution >= 0.6 is 0 Å². The molecular formula is C22H27F3N2O6. The number of anilines is 1. The molecule has 2 atom stereocenters. The predicted octanol–water partition coefficient (Wildman–Crippen LogP) is 2.68. The van der Waals surface area contributed by atoms with Crippen molar-refractivity contribution in [3.63, 3.8) is 0 Å². The second-order valence-corrected chi connectivity index (χ2v) is 8.81. The van der Waals surface area contributed by atoms with E-state index in [4.69, 9.17) is 14.2 Å². The van der Waals surface area contributed by atoms with Crippen molar-refractivity contribution in [1.82, 2.24) is 4.90 Å². The number of nitrogens with zero attached hydrogens (tertiary/aromatic N) is 2. The molecule has 2 heterocycles. The lowest BCUT2D eigenvalue weighted by Gasteiger charge is -2.36. The van der Waals surface area contributed by atoms with Crippen molar-refractivity contribution in [3.8, 4) is 0 Å². The first-order chi connectivity index (χ1) is 15.3. The molecule has 0 aliphatic carbocycles. The molecule has 33 heavy (non-hydrogen) atoms. The Morgan fingerprint density at radius 1 is 1.24 bits per heavy atom. The van der Waals surface area contributed by atoms with Crippen LogP contribution in [0.25, 0.3) is 0 Å². The van der Waals surface area contributed by atoms with Crippen LogP contribution < -0.4 is 4.90 Å². The molecule has 0 spiro atoms. The highest BCUT2D eigenvalue weighted by atomic mass is 19.4. The molecule has 2 aliphatic heterocycles. The number of fused-ring (bicyclic) bond motifs is 1. The first-order valence-electron chi connectivity index (χ1n) is 10.6. The Morgan fingerprint density at radius 3 is 2.55 bits per heavy atom. The van der Waals surface area contributed by atoms with Gasteiger partial charge in [0, 0.05) is 30.9 Å². The summed E-state index contributed by atoms with van der Waals surface area (Å²) in [7, 11) is 0. The molecule has 8 nitrogen and oxygen atoms in total. The second-order valence-electron chi connectivity index (χ2n) is 8.81. The lowest BCUT2D eigenvalue weighted by Crippen LogP contribution is -2.56. The number of halogens is 3. The fourth-order valence-corrected chi connectivity index (χ4v) is 3.76. The van der Waals surface area contributed by atoms with Gasteiger partial charge in [0.2, 0.25) is 0 Å². The molecule has 1 saturated heterocycles. The molecule has 3 rings (SSSR count). The Labute approximate surface area is 189 Å². The largest absolute Gasteiger partial charge is 0.458 e. The first-order valence-corrected chi connectivity index (χ1v) is 10.6. The van der Waals surface area contributed by atoms with Crippen LogP contribution in [0.4, 0.5) is 18.9 Å². The third-order valence-electron chi connectivity index (χ3n) is 5.04. The summed E-state index contributed by atoms with van der Waals surface area (Å²) in [6, 6.07) is 4.49. The average molecular weight is 472 g/mol. The van der Waals surface area contributed by atoms with Gasteiger partial charge < -0.3 is 24.0 Å². The third-order valence-corrected chi connectivity index (χ3v) is 5.04. The number of benzene rings is 1. The van der Waals surface area contributed by atoms with Crippen LogP contribution in [0.1, 0.15) is 43.6 Å². The minimum atomic E-state index is -4.51. The Kier molecular flexibility index (Phi) is 7.04. The summed E-state index contributed by atoms with van der Waals surface area (Å²) < 4.78 is 54.7. The Hall–Kier alpha value is -2.66. The Balaban J connectivity index is 1.82. The first kappa shape index (κ1) is 25.0. The van der Waals surface area contributed by atoms with Crippen molar-refractivity contribution >= 4 is 23.5 Å². The number of alkyl halides is 3. The SMILES string of the molecule is CCO[C@@H](C(=O)OC(C)(C)C)C1OCCN(c2ccc3c(c2)C(=O)N(CC(F)(F)F)C3)C1=O. The summed E-state index contributed by atoms with van der Waals surface area (Å²) in [6.07, 6.45) is -7.06. The topological polar surface area (TPSA) is 85.4 Å². The Bertz CT molecular complexity index is 928. The minimum absolute atomic E-state index is 0.0913. The summed E-state index contributed by atoms with van der Waals surface area (Å²) in [5.74, 6) is -2.05. The monoisotopic (exact) mass is 472 g/mol.